The fraction of sp³-hybridized carbons (Fsp3) is 0.692. The molecule has 8 heteroatoms. The molecule has 0 spiro atoms. The number of fused-ring (bicyclic) bond motifs is 1. The summed E-state index contributed by atoms with van der Waals surface area (Å²) >= 11 is 0. The predicted molar refractivity (Wildman–Crippen MR) is 72.2 cm³/mol. The van der Waals surface area contributed by atoms with Crippen LogP contribution in [0.2, 0.25) is 0 Å². The third-order valence-electron chi connectivity index (χ3n) is 3.98. The number of halogens is 3. The zero-order valence-corrected chi connectivity index (χ0v) is 11.9. The van der Waals surface area contributed by atoms with Gasteiger partial charge >= 0.3 is 6.18 Å². The summed E-state index contributed by atoms with van der Waals surface area (Å²) in [5, 5.41) is 2.96. The Kier molecular flexibility index (Phi) is 3.75. The maximum Gasteiger partial charge on any atom is 0.433 e. The highest BCUT2D eigenvalue weighted by atomic mass is 19.4. The highest BCUT2D eigenvalue weighted by Crippen LogP contribution is 2.33. The average Bonchev–Trinajstić information content (AvgIpc) is 2.46. The quantitative estimate of drug-likeness (QED) is 0.835. The van der Waals surface area contributed by atoms with Gasteiger partial charge in [0.15, 0.2) is 5.69 Å². The van der Waals surface area contributed by atoms with E-state index in [1.54, 1.807) is 0 Å². The predicted octanol–water partition coefficient (Wildman–Crippen LogP) is 0.893. The number of likely N-dealkylation sites (N-methyl/N-ethyl adjacent to an activating group) is 1. The molecule has 1 saturated heterocycles. The maximum absolute atomic E-state index is 13.2. The van der Waals surface area contributed by atoms with Gasteiger partial charge in [-0.2, -0.15) is 13.2 Å². The summed E-state index contributed by atoms with van der Waals surface area (Å²) < 4.78 is 39.7. The van der Waals surface area contributed by atoms with E-state index in [1.807, 2.05) is 11.9 Å². The molecule has 0 saturated carbocycles. The van der Waals surface area contributed by atoms with Gasteiger partial charge in [0.2, 0.25) is 5.95 Å². The van der Waals surface area contributed by atoms with Crippen molar-refractivity contribution in [2.45, 2.75) is 19.1 Å². The Morgan fingerprint density at radius 3 is 2.48 bits per heavy atom. The van der Waals surface area contributed by atoms with E-state index >= 15 is 0 Å². The fourth-order valence-corrected chi connectivity index (χ4v) is 2.71. The molecule has 5 nitrogen and oxygen atoms in total. The minimum atomic E-state index is -4.44. The van der Waals surface area contributed by atoms with E-state index in [0.717, 1.165) is 13.1 Å². The molecule has 0 radical (unpaired) electrons. The van der Waals surface area contributed by atoms with Crippen LogP contribution in [0.5, 0.6) is 0 Å². The van der Waals surface area contributed by atoms with Crippen LogP contribution < -0.4 is 10.2 Å². The summed E-state index contributed by atoms with van der Waals surface area (Å²) in [4.78, 5) is 12.2. The largest absolute Gasteiger partial charge is 0.433 e. The lowest BCUT2D eigenvalue weighted by Gasteiger charge is -2.33. The number of nitrogens with one attached hydrogen (secondary N) is 1. The average molecular weight is 301 g/mol. The lowest BCUT2D eigenvalue weighted by atomic mass is 10.1. The highest BCUT2D eigenvalue weighted by Gasteiger charge is 2.38. The van der Waals surface area contributed by atoms with Gasteiger partial charge in [-0.3, -0.25) is 0 Å². The Morgan fingerprint density at radius 2 is 1.81 bits per heavy atom. The second-order valence-corrected chi connectivity index (χ2v) is 5.51. The first kappa shape index (κ1) is 14.5. The number of hydrogen-bond acceptors (Lipinski definition) is 5. The molecule has 116 valence electrons. The Hall–Kier alpha value is -1.41. The molecule has 0 aliphatic carbocycles. The minimum absolute atomic E-state index is 0.188. The van der Waals surface area contributed by atoms with Crippen LogP contribution >= 0.6 is 0 Å². The molecule has 2 aliphatic rings. The zero-order valence-electron chi connectivity index (χ0n) is 11.9. The Bertz CT molecular complexity index is 523. The van der Waals surface area contributed by atoms with Gasteiger partial charge in [0, 0.05) is 51.3 Å². The van der Waals surface area contributed by atoms with Crippen LogP contribution in [-0.2, 0) is 19.1 Å². The van der Waals surface area contributed by atoms with E-state index in [-0.39, 0.29) is 18.1 Å². The number of aromatic nitrogens is 2. The number of hydrogen-bond donors (Lipinski definition) is 1. The second kappa shape index (κ2) is 5.42. The summed E-state index contributed by atoms with van der Waals surface area (Å²) in [5.41, 5.74) is -0.0507. The van der Waals surface area contributed by atoms with Crippen molar-refractivity contribution in [3.8, 4) is 0 Å². The molecule has 1 fully saturated rings. The van der Waals surface area contributed by atoms with E-state index in [1.165, 1.54) is 0 Å². The van der Waals surface area contributed by atoms with Gasteiger partial charge in [-0.1, -0.05) is 0 Å². The van der Waals surface area contributed by atoms with Crippen LogP contribution in [0, 0.1) is 0 Å². The SMILES string of the molecule is CN1CCN(c2nc3c(c(C(F)(F)F)n2)CNCC3)CC1. The van der Waals surface area contributed by atoms with Crippen molar-refractivity contribution < 1.29 is 13.2 Å². The normalized spacial score (nSPS) is 20.5. The van der Waals surface area contributed by atoms with Crippen molar-refractivity contribution in [2.75, 3.05) is 44.7 Å². The van der Waals surface area contributed by atoms with Gasteiger partial charge in [0.1, 0.15) is 0 Å². The number of piperazine rings is 1. The van der Waals surface area contributed by atoms with E-state index in [2.05, 4.69) is 20.2 Å². The van der Waals surface area contributed by atoms with Gasteiger partial charge in [-0.15, -0.1) is 0 Å². The molecule has 2 aliphatic heterocycles. The Morgan fingerprint density at radius 1 is 1.10 bits per heavy atom. The second-order valence-electron chi connectivity index (χ2n) is 5.51. The molecule has 0 aromatic carbocycles. The maximum atomic E-state index is 13.2. The molecule has 3 rings (SSSR count). The molecule has 1 aromatic rings. The number of nitrogens with zero attached hydrogens (tertiary/aromatic N) is 4. The molecule has 1 N–H and O–H groups in total. The van der Waals surface area contributed by atoms with Crippen LogP contribution in [-0.4, -0.2) is 54.6 Å². The third kappa shape index (κ3) is 2.96. The summed E-state index contributed by atoms with van der Waals surface area (Å²) in [5.74, 6) is 0.219. The van der Waals surface area contributed by atoms with Crippen molar-refractivity contribution in [3.05, 3.63) is 17.0 Å². The summed E-state index contributed by atoms with van der Waals surface area (Å²) in [6.45, 7) is 3.78. The third-order valence-corrected chi connectivity index (χ3v) is 3.98. The molecular formula is C13H18F3N5. The van der Waals surface area contributed by atoms with E-state index in [9.17, 15) is 13.2 Å². The Labute approximate surface area is 121 Å². The minimum Gasteiger partial charge on any atom is -0.338 e. The molecule has 21 heavy (non-hydrogen) atoms. The first-order valence-electron chi connectivity index (χ1n) is 7.06. The lowest BCUT2D eigenvalue weighted by molar-refractivity contribution is -0.142. The van der Waals surface area contributed by atoms with Crippen molar-refractivity contribution in [3.63, 3.8) is 0 Å². The van der Waals surface area contributed by atoms with Gasteiger partial charge in [0.05, 0.1) is 5.69 Å². The van der Waals surface area contributed by atoms with Crippen molar-refractivity contribution in [1.82, 2.24) is 20.2 Å². The number of rotatable bonds is 1. The summed E-state index contributed by atoms with van der Waals surface area (Å²) in [6.07, 6.45) is -3.92. The van der Waals surface area contributed by atoms with Crippen LogP contribution in [0.25, 0.3) is 0 Å². The molecule has 0 atom stereocenters. The van der Waals surface area contributed by atoms with Crippen LogP contribution in [0.3, 0.4) is 0 Å². The molecule has 0 bridgehead atoms. The van der Waals surface area contributed by atoms with Gasteiger partial charge in [-0.25, -0.2) is 9.97 Å². The van der Waals surface area contributed by atoms with E-state index in [4.69, 9.17) is 0 Å². The summed E-state index contributed by atoms with van der Waals surface area (Å²) in [6, 6.07) is 0. The topological polar surface area (TPSA) is 44.3 Å². The first-order chi connectivity index (χ1) is 9.95. The van der Waals surface area contributed by atoms with E-state index < -0.39 is 11.9 Å². The smallest absolute Gasteiger partial charge is 0.338 e. The molecule has 1 aromatic heterocycles. The summed E-state index contributed by atoms with van der Waals surface area (Å²) in [7, 11) is 2.00. The lowest BCUT2D eigenvalue weighted by Crippen LogP contribution is -2.45. The monoisotopic (exact) mass is 301 g/mol. The molecule has 0 unspecified atom stereocenters. The van der Waals surface area contributed by atoms with Crippen molar-refractivity contribution >= 4 is 5.95 Å². The van der Waals surface area contributed by atoms with Crippen molar-refractivity contribution in [2.24, 2.45) is 0 Å². The van der Waals surface area contributed by atoms with Crippen molar-refractivity contribution in [1.29, 1.82) is 0 Å². The fourth-order valence-electron chi connectivity index (χ4n) is 2.71. The standard InChI is InChI=1S/C13H18F3N5/c1-20-4-6-21(7-5-20)12-18-10-2-3-17-8-9(10)11(19-12)13(14,15)16/h17H,2-8H2,1H3. The molecule has 3 heterocycles. The van der Waals surface area contributed by atoms with Crippen LogP contribution in [0.15, 0.2) is 0 Å². The first-order valence-corrected chi connectivity index (χ1v) is 7.06. The van der Waals surface area contributed by atoms with Gasteiger partial charge < -0.3 is 15.1 Å². The van der Waals surface area contributed by atoms with Crippen LogP contribution in [0.4, 0.5) is 19.1 Å². The number of alkyl halides is 3. The highest BCUT2D eigenvalue weighted by molar-refractivity contribution is 5.40. The van der Waals surface area contributed by atoms with E-state index in [0.29, 0.717) is 31.7 Å². The van der Waals surface area contributed by atoms with Crippen LogP contribution in [0.1, 0.15) is 17.0 Å². The van der Waals surface area contributed by atoms with Gasteiger partial charge in [0.25, 0.3) is 0 Å². The zero-order chi connectivity index (χ0) is 15.0. The Balaban J connectivity index is 1.98. The molecule has 0 amide bonds. The van der Waals surface area contributed by atoms with Gasteiger partial charge in [-0.05, 0) is 7.05 Å². The molecular weight excluding hydrogens is 283 g/mol. The number of anilines is 1.